The van der Waals surface area contributed by atoms with Crippen LogP contribution in [-0.2, 0) is 5.75 Å². The minimum atomic E-state index is 0.477. The highest BCUT2D eigenvalue weighted by Crippen LogP contribution is 2.30. The molecule has 0 radical (unpaired) electrons. The fourth-order valence-corrected chi connectivity index (χ4v) is 2.76. The number of aromatic nitrogens is 3. The molecule has 21 heavy (non-hydrogen) atoms. The zero-order chi connectivity index (χ0) is 14.7. The molecule has 0 fully saturated rings. The van der Waals surface area contributed by atoms with Crippen molar-refractivity contribution < 1.29 is 4.52 Å². The highest BCUT2D eigenvalue weighted by atomic mass is 35.5. The van der Waals surface area contributed by atoms with Crippen LogP contribution in [0.1, 0.15) is 5.89 Å². The third-order valence-corrected chi connectivity index (χ3v) is 3.98. The van der Waals surface area contributed by atoms with Crippen LogP contribution >= 0.6 is 23.4 Å². The molecule has 2 aromatic heterocycles. The van der Waals surface area contributed by atoms with Crippen molar-refractivity contribution in [2.75, 3.05) is 5.73 Å². The van der Waals surface area contributed by atoms with Crippen LogP contribution in [0.2, 0.25) is 5.02 Å². The summed E-state index contributed by atoms with van der Waals surface area (Å²) in [4.78, 5) is 9.38. The van der Waals surface area contributed by atoms with Crippen LogP contribution < -0.4 is 5.73 Å². The van der Waals surface area contributed by atoms with Gasteiger partial charge in [-0.05, 0) is 30.3 Å². The molecule has 0 amide bonds. The topological polar surface area (TPSA) is 77.8 Å². The molecule has 0 unspecified atom stereocenters. The molecule has 7 heteroatoms. The van der Waals surface area contributed by atoms with Gasteiger partial charge in [0, 0.05) is 21.8 Å². The Kier molecular flexibility index (Phi) is 4.08. The van der Waals surface area contributed by atoms with Crippen LogP contribution in [0.5, 0.6) is 0 Å². The number of nitrogens with zero attached hydrogens (tertiary/aromatic N) is 3. The summed E-state index contributed by atoms with van der Waals surface area (Å²) < 4.78 is 5.22. The van der Waals surface area contributed by atoms with Gasteiger partial charge in [0.1, 0.15) is 5.69 Å². The first-order valence-corrected chi connectivity index (χ1v) is 7.50. The van der Waals surface area contributed by atoms with E-state index in [4.69, 9.17) is 21.9 Å². The van der Waals surface area contributed by atoms with Gasteiger partial charge in [-0.2, -0.15) is 4.98 Å². The van der Waals surface area contributed by atoms with E-state index in [-0.39, 0.29) is 0 Å². The van der Waals surface area contributed by atoms with Crippen LogP contribution in [0.4, 0.5) is 5.69 Å². The van der Waals surface area contributed by atoms with Crippen LogP contribution in [0, 0.1) is 0 Å². The van der Waals surface area contributed by atoms with Gasteiger partial charge in [0.05, 0.1) is 5.75 Å². The molecule has 2 heterocycles. The van der Waals surface area contributed by atoms with E-state index in [1.807, 2.05) is 24.3 Å². The highest BCUT2D eigenvalue weighted by molar-refractivity contribution is 7.98. The second-order valence-electron chi connectivity index (χ2n) is 4.20. The third kappa shape index (κ3) is 3.34. The number of thioether (sulfide) groups is 1. The minimum Gasteiger partial charge on any atom is -0.398 e. The van der Waals surface area contributed by atoms with Gasteiger partial charge in [-0.1, -0.05) is 22.8 Å². The predicted octanol–water partition coefficient (Wildman–Crippen LogP) is 3.66. The number of hydrogen-bond acceptors (Lipinski definition) is 6. The molecule has 0 aliphatic rings. The molecule has 0 aliphatic heterocycles. The second-order valence-corrected chi connectivity index (χ2v) is 5.65. The summed E-state index contributed by atoms with van der Waals surface area (Å²) >= 11 is 7.45. The Morgan fingerprint density at radius 2 is 2.14 bits per heavy atom. The molecule has 2 N–H and O–H groups in total. The Labute approximate surface area is 130 Å². The van der Waals surface area contributed by atoms with Crippen molar-refractivity contribution in [2.24, 2.45) is 0 Å². The maximum atomic E-state index is 5.95. The number of nitrogens with two attached hydrogens (primary N) is 1. The highest BCUT2D eigenvalue weighted by Gasteiger charge is 2.10. The number of pyridine rings is 1. The van der Waals surface area contributed by atoms with E-state index >= 15 is 0 Å². The average Bonchev–Trinajstić information content (AvgIpc) is 2.98. The first-order chi connectivity index (χ1) is 10.2. The lowest BCUT2D eigenvalue weighted by Crippen LogP contribution is -1.89. The van der Waals surface area contributed by atoms with Crippen molar-refractivity contribution in [1.29, 1.82) is 0 Å². The number of hydrogen-bond donors (Lipinski definition) is 1. The van der Waals surface area contributed by atoms with E-state index in [0.717, 1.165) is 4.90 Å². The summed E-state index contributed by atoms with van der Waals surface area (Å²) in [5.74, 6) is 1.51. The Hall–Kier alpha value is -2.05. The van der Waals surface area contributed by atoms with Crippen LogP contribution in [0.15, 0.2) is 52.0 Å². The van der Waals surface area contributed by atoms with Crippen LogP contribution in [0.25, 0.3) is 11.5 Å². The fraction of sp³-hybridized carbons (Fsp3) is 0.0714. The molecule has 1 aromatic carbocycles. The van der Waals surface area contributed by atoms with Crippen molar-refractivity contribution in [3.63, 3.8) is 0 Å². The summed E-state index contributed by atoms with van der Waals surface area (Å²) in [5.41, 5.74) is 7.25. The maximum Gasteiger partial charge on any atom is 0.237 e. The van der Waals surface area contributed by atoms with Crippen molar-refractivity contribution in [3.05, 3.63) is 53.5 Å². The monoisotopic (exact) mass is 318 g/mol. The molecule has 0 aliphatic carbocycles. The normalized spacial score (nSPS) is 10.7. The molecule has 0 bridgehead atoms. The van der Waals surface area contributed by atoms with Gasteiger partial charge in [0.25, 0.3) is 0 Å². The summed E-state index contributed by atoms with van der Waals surface area (Å²) in [6.07, 6.45) is 1.69. The lowest BCUT2D eigenvalue weighted by molar-refractivity contribution is 0.391. The van der Waals surface area contributed by atoms with Crippen LogP contribution in [-0.4, -0.2) is 15.1 Å². The van der Waals surface area contributed by atoms with Crippen LogP contribution in [0.3, 0.4) is 0 Å². The Morgan fingerprint density at radius 1 is 1.24 bits per heavy atom. The van der Waals surface area contributed by atoms with Gasteiger partial charge in [0.2, 0.25) is 11.7 Å². The van der Waals surface area contributed by atoms with Gasteiger partial charge in [-0.3, -0.25) is 4.98 Å². The summed E-state index contributed by atoms with van der Waals surface area (Å²) in [5, 5.41) is 4.56. The Balaban J connectivity index is 1.72. The smallest absolute Gasteiger partial charge is 0.237 e. The molecule has 0 atom stereocenters. The SMILES string of the molecule is Nc1ccc(Cl)cc1SCc1nc(-c2ccccn2)no1. The zero-order valence-electron chi connectivity index (χ0n) is 10.9. The molecule has 106 valence electrons. The molecule has 3 rings (SSSR count). The summed E-state index contributed by atoms with van der Waals surface area (Å²) in [7, 11) is 0. The zero-order valence-corrected chi connectivity index (χ0v) is 12.4. The third-order valence-electron chi connectivity index (χ3n) is 2.69. The number of rotatable bonds is 4. The predicted molar refractivity (Wildman–Crippen MR) is 83.0 cm³/mol. The van der Waals surface area contributed by atoms with E-state index in [9.17, 15) is 0 Å². The Bertz CT molecular complexity index is 748. The number of benzene rings is 1. The van der Waals surface area contributed by atoms with Crippen molar-refractivity contribution in [1.82, 2.24) is 15.1 Å². The lowest BCUT2D eigenvalue weighted by atomic mass is 10.3. The maximum absolute atomic E-state index is 5.95. The Morgan fingerprint density at radius 3 is 2.95 bits per heavy atom. The number of anilines is 1. The van der Waals surface area contributed by atoms with Crippen molar-refractivity contribution in [2.45, 2.75) is 10.6 Å². The molecule has 0 saturated carbocycles. The van der Waals surface area contributed by atoms with Gasteiger partial charge < -0.3 is 10.3 Å². The molecular formula is C14H11ClN4OS. The fourth-order valence-electron chi connectivity index (χ4n) is 1.69. The molecule has 0 saturated heterocycles. The van der Waals surface area contributed by atoms with Gasteiger partial charge >= 0.3 is 0 Å². The average molecular weight is 319 g/mol. The van der Waals surface area contributed by atoms with E-state index in [1.54, 1.807) is 18.3 Å². The molecule has 0 spiro atoms. The number of nitrogen functional groups attached to an aromatic ring is 1. The first kappa shape index (κ1) is 13.9. The van der Waals surface area contributed by atoms with E-state index < -0.39 is 0 Å². The van der Waals surface area contributed by atoms with E-state index in [2.05, 4.69) is 15.1 Å². The number of halogens is 1. The van der Waals surface area contributed by atoms with Gasteiger partial charge in [-0.15, -0.1) is 11.8 Å². The standard InChI is InChI=1S/C14H11ClN4OS/c15-9-4-5-10(16)12(7-9)21-8-13-18-14(19-20-13)11-3-1-2-6-17-11/h1-7H,8,16H2. The van der Waals surface area contributed by atoms with Crippen molar-refractivity contribution >= 4 is 29.1 Å². The second kappa shape index (κ2) is 6.15. The van der Waals surface area contributed by atoms with Gasteiger partial charge in [-0.25, -0.2) is 0 Å². The molecule has 3 aromatic rings. The molecular weight excluding hydrogens is 308 g/mol. The van der Waals surface area contributed by atoms with E-state index in [1.165, 1.54) is 11.8 Å². The first-order valence-electron chi connectivity index (χ1n) is 6.14. The largest absolute Gasteiger partial charge is 0.398 e. The quantitative estimate of drug-likeness (QED) is 0.584. The minimum absolute atomic E-state index is 0.477. The van der Waals surface area contributed by atoms with Gasteiger partial charge in [0.15, 0.2) is 0 Å². The van der Waals surface area contributed by atoms with Crippen molar-refractivity contribution in [3.8, 4) is 11.5 Å². The summed E-state index contributed by atoms with van der Waals surface area (Å²) in [6, 6.07) is 10.9. The summed E-state index contributed by atoms with van der Waals surface area (Å²) in [6.45, 7) is 0. The molecule has 5 nitrogen and oxygen atoms in total. The van der Waals surface area contributed by atoms with E-state index in [0.29, 0.717) is 33.9 Å². The lowest BCUT2D eigenvalue weighted by Gasteiger charge is -2.03.